The molecule has 0 aliphatic carbocycles. The molecule has 0 aliphatic heterocycles. The number of aromatic nitrogens is 4. The van der Waals surface area contributed by atoms with Crippen molar-refractivity contribution in [1.82, 2.24) is 19.6 Å². The highest BCUT2D eigenvalue weighted by atomic mass is 19.1. The predicted octanol–water partition coefficient (Wildman–Crippen LogP) is 3.96. The fourth-order valence-electron chi connectivity index (χ4n) is 2.73. The average molecular weight is 372 g/mol. The van der Waals surface area contributed by atoms with Crippen LogP contribution in [0, 0.1) is 5.82 Å². The number of amides is 1. The second-order valence-electron chi connectivity index (χ2n) is 8.61. The minimum atomic E-state index is -0.460. The zero-order valence-corrected chi connectivity index (χ0v) is 16.4. The number of H-pyrrole nitrogens is 1. The predicted molar refractivity (Wildman–Crippen MR) is 104 cm³/mol. The maximum atomic E-state index is 13.0. The zero-order chi connectivity index (χ0) is 20.0. The van der Waals surface area contributed by atoms with E-state index >= 15 is 0 Å². The van der Waals surface area contributed by atoms with Crippen LogP contribution in [-0.4, -0.2) is 31.0 Å². The van der Waals surface area contributed by atoms with E-state index in [1.165, 1.54) is 18.3 Å². The molecular formula is C19H25FN6O. The number of carbonyl (C=O) groups excluding carboxylic acids is 1. The molecule has 144 valence electrons. The minimum Gasteiger partial charge on any atom is -0.364 e. The lowest BCUT2D eigenvalue weighted by molar-refractivity contribution is 0.102. The summed E-state index contributed by atoms with van der Waals surface area (Å²) in [5.41, 5.74) is 1.57. The van der Waals surface area contributed by atoms with Gasteiger partial charge in [-0.2, -0.15) is 9.61 Å². The number of nitrogens with zero attached hydrogens (tertiary/aromatic N) is 3. The first kappa shape index (κ1) is 18.9. The van der Waals surface area contributed by atoms with Crippen LogP contribution in [0.5, 0.6) is 0 Å². The van der Waals surface area contributed by atoms with Gasteiger partial charge in [0.1, 0.15) is 28.7 Å². The third-order valence-corrected chi connectivity index (χ3v) is 3.92. The first-order chi connectivity index (χ1) is 12.5. The van der Waals surface area contributed by atoms with Crippen LogP contribution >= 0.6 is 0 Å². The molecule has 3 rings (SSSR count). The third kappa shape index (κ3) is 3.94. The Morgan fingerprint density at radius 2 is 1.85 bits per heavy atom. The lowest BCUT2D eigenvalue weighted by Gasteiger charge is -2.25. The number of hydrogen-bond donors (Lipinski definition) is 3. The van der Waals surface area contributed by atoms with Crippen molar-refractivity contribution in [1.29, 1.82) is 0 Å². The Bertz CT molecular complexity index is 973. The molecular weight excluding hydrogens is 347 g/mol. The van der Waals surface area contributed by atoms with Crippen molar-refractivity contribution >= 4 is 23.2 Å². The number of carbonyl (C=O) groups is 1. The molecule has 0 spiro atoms. The first-order valence-electron chi connectivity index (χ1n) is 8.77. The van der Waals surface area contributed by atoms with E-state index in [1.54, 1.807) is 4.52 Å². The van der Waals surface area contributed by atoms with E-state index in [2.05, 4.69) is 67.2 Å². The number of aromatic amines is 1. The van der Waals surface area contributed by atoms with Crippen molar-refractivity contribution < 1.29 is 9.18 Å². The maximum Gasteiger partial charge on any atom is 0.262 e. The smallest absolute Gasteiger partial charge is 0.262 e. The summed E-state index contributed by atoms with van der Waals surface area (Å²) < 4.78 is 14.7. The van der Waals surface area contributed by atoms with Crippen LogP contribution in [0.3, 0.4) is 0 Å². The van der Waals surface area contributed by atoms with Crippen molar-refractivity contribution in [2.75, 3.05) is 10.6 Å². The number of nitrogens with one attached hydrogen (secondary N) is 3. The molecule has 3 aromatic rings. The van der Waals surface area contributed by atoms with Gasteiger partial charge in [0.2, 0.25) is 0 Å². The summed E-state index contributed by atoms with van der Waals surface area (Å²) in [7, 11) is 0. The highest BCUT2D eigenvalue weighted by Gasteiger charge is 2.28. The van der Waals surface area contributed by atoms with Crippen LogP contribution in [0.1, 0.15) is 57.6 Å². The molecule has 3 heterocycles. The van der Waals surface area contributed by atoms with Gasteiger partial charge in [0, 0.05) is 11.0 Å². The molecule has 27 heavy (non-hydrogen) atoms. The average Bonchev–Trinajstić information content (AvgIpc) is 3.08. The minimum absolute atomic E-state index is 0.179. The highest BCUT2D eigenvalue weighted by molar-refractivity contribution is 6.08. The maximum absolute atomic E-state index is 13.0. The molecule has 3 aromatic heterocycles. The molecule has 0 saturated heterocycles. The van der Waals surface area contributed by atoms with Gasteiger partial charge in [0.15, 0.2) is 0 Å². The number of rotatable bonds is 3. The Balaban J connectivity index is 2.02. The molecule has 0 aliphatic rings. The van der Waals surface area contributed by atoms with Crippen LogP contribution in [0.25, 0.3) is 5.65 Å². The van der Waals surface area contributed by atoms with Gasteiger partial charge < -0.3 is 15.6 Å². The number of pyridine rings is 1. The third-order valence-electron chi connectivity index (χ3n) is 3.92. The summed E-state index contributed by atoms with van der Waals surface area (Å²) in [4.78, 5) is 19.9. The van der Waals surface area contributed by atoms with Gasteiger partial charge >= 0.3 is 0 Å². The second kappa shape index (κ2) is 6.37. The van der Waals surface area contributed by atoms with E-state index in [9.17, 15) is 9.18 Å². The summed E-state index contributed by atoms with van der Waals surface area (Å²) in [5.74, 6) is 0.270. The van der Waals surface area contributed by atoms with E-state index < -0.39 is 5.82 Å². The van der Waals surface area contributed by atoms with Gasteiger partial charge in [-0.1, -0.05) is 20.8 Å². The number of anilines is 2. The molecule has 1 amide bonds. The highest BCUT2D eigenvalue weighted by Crippen LogP contribution is 2.32. The van der Waals surface area contributed by atoms with E-state index in [0.29, 0.717) is 11.2 Å². The van der Waals surface area contributed by atoms with Crippen LogP contribution in [0.2, 0.25) is 0 Å². The number of fused-ring (bicyclic) bond motifs is 1. The number of hydrogen-bond acceptors (Lipinski definition) is 4. The Kier molecular flexibility index (Phi) is 4.45. The van der Waals surface area contributed by atoms with Gasteiger partial charge in [-0.3, -0.25) is 4.79 Å². The normalized spacial score (nSPS) is 12.4. The quantitative estimate of drug-likeness (QED) is 0.649. The van der Waals surface area contributed by atoms with Gasteiger partial charge in [-0.15, -0.1) is 0 Å². The second-order valence-corrected chi connectivity index (χ2v) is 8.61. The Morgan fingerprint density at radius 1 is 1.15 bits per heavy atom. The van der Waals surface area contributed by atoms with E-state index in [0.717, 1.165) is 17.7 Å². The van der Waals surface area contributed by atoms with Crippen LogP contribution in [-0.2, 0) is 5.41 Å². The Labute approximate surface area is 157 Å². The topological polar surface area (TPSA) is 87.1 Å². The van der Waals surface area contributed by atoms with Crippen molar-refractivity contribution in [2.24, 2.45) is 0 Å². The van der Waals surface area contributed by atoms with E-state index in [1.807, 2.05) is 0 Å². The molecule has 0 bridgehead atoms. The summed E-state index contributed by atoms with van der Waals surface area (Å²) in [6, 6.07) is 2.66. The van der Waals surface area contributed by atoms with Gasteiger partial charge in [0.25, 0.3) is 5.91 Å². The van der Waals surface area contributed by atoms with E-state index in [-0.39, 0.29) is 22.7 Å². The van der Waals surface area contributed by atoms with Gasteiger partial charge in [-0.05, 0) is 32.9 Å². The molecule has 0 saturated carbocycles. The fraction of sp³-hybridized carbons (Fsp3) is 0.421. The van der Waals surface area contributed by atoms with Crippen molar-refractivity contribution in [3.05, 3.63) is 41.6 Å². The molecule has 7 nitrogen and oxygen atoms in total. The standard InChI is InChI=1S/C19H25FN6O/c1-18(2,3)14-16(25-19(4,5)6)26-15(24-14)12(10-22-26)17(27)23-13-8-7-11(20)9-21-13/h7-10,24-25H,1-6H3,(H,21,23,27). The van der Waals surface area contributed by atoms with Crippen LogP contribution in [0.15, 0.2) is 24.5 Å². The molecule has 0 aromatic carbocycles. The van der Waals surface area contributed by atoms with E-state index in [4.69, 9.17) is 0 Å². The van der Waals surface area contributed by atoms with Gasteiger partial charge in [-0.25, -0.2) is 9.37 Å². The van der Waals surface area contributed by atoms with Crippen molar-refractivity contribution in [2.45, 2.75) is 52.5 Å². The van der Waals surface area contributed by atoms with Crippen molar-refractivity contribution in [3.8, 4) is 0 Å². The molecule has 0 atom stereocenters. The summed E-state index contributed by atoms with van der Waals surface area (Å²) in [6.45, 7) is 12.5. The van der Waals surface area contributed by atoms with Crippen LogP contribution < -0.4 is 10.6 Å². The monoisotopic (exact) mass is 372 g/mol. The zero-order valence-electron chi connectivity index (χ0n) is 16.4. The van der Waals surface area contributed by atoms with Crippen LogP contribution in [0.4, 0.5) is 16.0 Å². The SMILES string of the molecule is CC(C)(C)Nc1c(C(C)(C)C)[nH]c2c(C(=O)Nc3ccc(F)cn3)cnn12. The summed E-state index contributed by atoms with van der Waals surface area (Å²) >= 11 is 0. The summed E-state index contributed by atoms with van der Waals surface area (Å²) in [6.07, 6.45) is 2.56. The number of halogens is 1. The summed E-state index contributed by atoms with van der Waals surface area (Å²) in [5, 5.41) is 10.5. The molecule has 8 heteroatoms. The lowest BCUT2D eigenvalue weighted by Crippen LogP contribution is -2.29. The Hall–Kier alpha value is -2.90. The van der Waals surface area contributed by atoms with Gasteiger partial charge in [0.05, 0.1) is 18.1 Å². The van der Waals surface area contributed by atoms with Crippen molar-refractivity contribution in [3.63, 3.8) is 0 Å². The fourth-order valence-corrected chi connectivity index (χ4v) is 2.73. The molecule has 3 N–H and O–H groups in total. The lowest BCUT2D eigenvalue weighted by atomic mass is 9.91. The molecule has 0 radical (unpaired) electrons. The first-order valence-corrected chi connectivity index (χ1v) is 8.77. The molecule has 0 unspecified atom stereocenters. The molecule has 0 fully saturated rings. The number of imidazole rings is 1. The largest absolute Gasteiger partial charge is 0.364 e. The Morgan fingerprint density at radius 3 is 2.41 bits per heavy atom.